The lowest BCUT2D eigenvalue weighted by molar-refractivity contribution is -0.0756. The molecule has 10 heteroatoms. The number of nitrogens with one attached hydrogen (secondary N) is 1. The number of anilines is 1. The first-order chi connectivity index (χ1) is 18.4. The Kier molecular flexibility index (Phi) is 6.80. The van der Waals surface area contributed by atoms with E-state index in [1.807, 2.05) is 37.3 Å². The average molecular weight is 515 g/mol. The van der Waals surface area contributed by atoms with Gasteiger partial charge >= 0.3 is 0 Å². The Balaban J connectivity index is 1.64. The molecule has 0 fully saturated rings. The maximum Gasteiger partial charge on any atom is 0.277 e. The molecule has 0 aliphatic heterocycles. The number of imidazole rings is 1. The van der Waals surface area contributed by atoms with Crippen molar-refractivity contribution in [3.63, 3.8) is 0 Å². The molecule has 2 heterocycles. The number of hydrogen-bond acceptors (Lipinski definition) is 6. The fourth-order valence-corrected chi connectivity index (χ4v) is 4.12. The molecule has 0 saturated heterocycles. The van der Waals surface area contributed by atoms with Crippen molar-refractivity contribution in [2.75, 3.05) is 19.5 Å². The number of rotatable bonds is 7. The molecule has 1 amide bonds. The summed E-state index contributed by atoms with van der Waals surface area (Å²) < 4.78 is 30.3. The molecular weight excluding hydrogens is 490 g/mol. The summed E-state index contributed by atoms with van der Waals surface area (Å²) in [6.07, 6.45) is 1.59. The Hall–Kier alpha value is -4.70. The van der Waals surface area contributed by atoms with Crippen LogP contribution in [0.1, 0.15) is 28.9 Å². The van der Waals surface area contributed by atoms with Gasteiger partial charge in [0.1, 0.15) is 23.3 Å². The van der Waals surface area contributed by atoms with Gasteiger partial charge in [0.25, 0.3) is 5.91 Å². The third kappa shape index (κ3) is 4.81. The minimum Gasteiger partial charge on any atom is -0.348 e. The summed E-state index contributed by atoms with van der Waals surface area (Å²) >= 11 is 0. The SMILES string of the molecule is CON(C)C(=O)c1ccc2c(c1)nc(-c1ccc(F)cc1F)n2-c1ccnc(N[C@@H](C)c2ccccc2)n1. The first-order valence-electron chi connectivity index (χ1n) is 11.8. The largest absolute Gasteiger partial charge is 0.348 e. The number of carbonyl (C=O) groups is 1. The molecular formula is C28H24F2N6O2. The Bertz CT molecular complexity index is 1620. The molecule has 5 rings (SSSR count). The van der Waals surface area contributed by atoms with Gasteiger partial charge in [0.15, 0.2) is 0 Å². The first kappa shape index (κ1) is 25.0. The molecule has 2 aromatic heterocycles. The van der Waals surface area contributed by atoms with E-state index in [0.717, 1.165) is 16.7 Å². The van der Waals surface area contributed by atoms with Crippen molar-refractivity contribution >= 4 is 22.9 Å². The van der Waals surface area contributed by atoms with Crippen LogP contribution in [-0.4, -0.2) is 44.6 Å². The number of halogens is 2. The van der Waals surface area contributed by atoms with Gasteiger partial charge in [-0.15, -0.1) is 0 Å². The summed E-state index contributed by atoms with van der Waals surface area (Å²) in [4.78, 5) is 31.3. The van der Waals surface area contributed by atoms with E-state index < -0.39 is 11.6 Å². The lowest BCUT2D eigenvalue weighted by atomic mass is 10.1. The lowest BCUT2D eigenvalue weighted by Crippen LogP contribution is -2.25. The minimum absolute atomic E-state index is 0.0775. The standard InChI is InChI=1S/C28H24F2N6O2/c1-17(18-7-5-4-6-8-18)32-28-31-14-13-25(34-28)36-24-12-9-19(27(37)35(2)38-3)15-23(24)33-26(36)21-11-10-20(29)16-22(21)30/h4-17H,1-3H3,(H,31,32,34)/t17-/m0/s1. The molecule has 3 aromatic carbocycles. The topological polar surface area (TPSA) is 85.2 Å². The van der Waals surface area contributed by atoms with Crippen LogP contribution < -0.4 is 5.32 Å². The van der Waals surface area contributed by atoms with Crippen LogP contribution in [0.4, 0.5) is 14.7 Å². The normalized spacial score (nSPS) is 11.9. The molecule has 192 valence electrons. The van der Waals surface area contributed by atoms with E-state index in [4.69, 9.17) is 4.84 Å². The van der Waals surface area contributed by atoms with E-state index in [1.165, 1.54) is 26.3 Å². The van der Waals surface area contributed by atoms with Gasteiger partial charge in [0, 0.05) is 24.9 Å². The predicted octanol–water partition coefficient (Wildman–Crippen LogP) is 5.57. The number of carbonyl (C=O) groups excluding carboxylic acids is 1. The lowest BCUT2D eigenvalue weighted by Gasteiger charge is -2.15. The fourth-order valence-electron chi connectivity index (χ4n) is 4.12. The highest BCUT2D eigenvalue weighted by atomic mass is 19.1. The highest BCUT2D eigenvalue weighted by Gasteiger charge is 2.21. The molecule has 8 nitrogen and oxygen atoms in total. The van der Waals surface area contributed by atoms with Crippen LogP contribution in [0.3, 0.4) is 0 Å². The molecule has 0 saturated carbocycles. The molecule has 0 radical (unpaired) electrons. The van der Waals surface area contributed by atoms with Crippen molar-refractivity contribution in [1.82, 2.24) is 24.6 Å². The van der Waals surface area contributed by atoms with Gasteiger partial charge in [-0.1, -0.05) is 30.3 Å². The molecule has 0 unspecified atom stereocenters. The van der Waals surface area contributed by atoms with Gasteiger partial charge in [0.2, 0.25) is 5.95 Å². The van der Waals surface area contributed by atoms with Crippen LogP contribution in [0.15, 0.2) is 79.0 Å². The van der Waals surface area contributed by atoms with Crippen molar-refractivity contribution < 1.29 is 18.4 Å². The summed E-state index contributed by atoms with van der Waals surface area (Å²) in [7, 11) is 2.89. The van der Waals surface area contributed by atoms with Crippen LogP contribution in [0, 0.1) is 11.6 Å². The second kappa shape index (κ2) is 10.3. The summed E-state index contributed by atoms with van der Waals surface area (Å²) in [5.41, 5.74) is 2.46. The Labute approximate surface area is 217 Å². The Morgan fingerprint density at radius 2 is 1.82 bits per heavy atom. The van der Waals surface area contributed by atoms with Crippen molar-refractivity contribution in [3.8, 4) is 17.2 Å². The third-order valence-corrected chi connectivity index (χ3v) is 6.15. The molecule has 38 heavy (non-hydrogen) atoms. The van der Waals surface area contributed by atoms with E-state index in [1.54, 1.807) is 35.0 Å². The minimum atomic E-state index is -0.776. The molecule has 0 spiro atoms. The van der Waals surface area contributed by atoms with Crippen molar-refractivity contribution in [2.45, 2.75) is 13.0 Å². The average Bonchev–Trinajstić information content (AvgIpc) is 3.31. The quantitative estimate of drug-likeness (QED) is 0.286. The molecule has 0 aliphatic carbocycles. The second-order valence-electron chi connectivity index (χ2n) is 8.60. The molecule has 5 aromatic rings. The summed E-state index contributed by atoms with van der Waals surface area (Å²) in [5, 5.41) is 4.38. The van der Waals surface area contributed by atoms with E-state index in [9.17, 15) is 13.6 Å². The highest BCUT2D eigenvalue weighted by molar-refractivity contribution is 5.97. The van der Waals surface area contributed by atoms with Crippen LogP contribution in [-0.2, 0) is 4.84 Å². The Morgan fingerprint density at radius 3 is 2.55 bits per heavy atom. The van der Waals surface area contributed by atoms with Crippen LogP contribution in [0.5, 0.6) is 0 Å². The zero-order valence-corrected chi connectivity index (χ0v) is 20.9. The van der Waals surface area contributed by atoms with Gasteiger partial charge in [0.05, 0.1) is 29.7 Å². The van der Waals surface area contributed by atoms with E-state index in [0.29, 0.717) is 28.4 Å². The number of hydrogen-bond donors (Lipinski definition) is 1. The molecule has 0 aliphatic rings. The van der Waals surface area contributed by atoms with Gasteiger partial charge in [-0.3, -0.25) is 14.2 Å². The summed E-state index contributed by atoms with van der Waals surface area (Å²) in [5.74, 6) is -0.878. The zero-order valence-electron chi connectivity index (χ0n) is 20.9. The molecule has 1 N–H and O–H groups in total. The maximum absolute atomic E-state index is 14.9. The van der Waals surface area contributed by atoms with E-state index >= 15 is 0 Å². The first-order valence-corrected chi connectivity index (χ1v) is 11.8. The highest BCUT2D eigenvalue weighted by Crippen LogP contribution is 2.31. The van der Waals surface area contributed by atoms with E-state index in [2.05, 4.69) is 20.3 Å². The van der Waals surface area contributed by atoms with Crippen molar-refractivity contribution in [2.24, 2.45) is 0 Å². The van der Waals surface area contributed by atoms with Gasteiger partial charge in [-0.2, -0.15) is 4.98 Å². The fraction of sp³-hybridized carbons (Fsp3) is 0.143. The van der Waals surface area contributed by atoms with Gasteiger partial charge < -0.3 is 5.32 Å². The maximum atomic E-state index is 14.9. The number of nitrogens with zero attached hydrogens (tertiary/aromatic N) is 5. The molecule has 0 bridgehead atoms. The number of aromatic nitrogens is 4. The number of amides is 1. The third-order valence-electron chi connectivity index (χ3n) is 6.15. The van der Waals surface area contributed by atoms with Crippen molar-refractivity contribution in [3.05, 3.63) is 102 Å². The van der Waals surface area contributed by atoms with E-state index in [-0.39, 0.29) is 23.3 Å². The van der Waals surface area contributed by atoms with Crippen LogP contribution in [0.2, 0.25) is 0 Å². The van der Waals surface area contributed by atoms with Gasteiger partial charge in [-0.25, -0.2) is 23.8 Å². The predicted molar refractivity (Wildman–Crippen MR) is 140 cm³/mol. The van der Waals surface area contributed by atoms with Crippen molar-refractivity contribution in [1.29, 1.82) is 0 Å². The second-order valence-corrected chi connectivity index (χ2v) is 8.60. The van der Waals surface area contributed by atoms with Crippen LogP contribution in [0.25, 0.3) is 28.2 Å². The summed E-state index contributed by atoms with van der Waals surface area (Å²) in [6.45, 7) is 1.99. The monoisotopic (exact) mass is 514 g/mol. The number of fused-ring (bicyclic) bond motifs is 1. The smallest absolute Gasteiger partial charge is 0.277 e. The Morgan fingerprint density at radius 1 is 1.03 bits per heavy atom. The number of benzene rings is 3. The van der Waals surface area contributed by atoms with Gasteiger partial charge in [-0.05, 0) is 48.9 Å². The zero-order chi connectivity index (χ0) is 26.8. The summed E-state index contributed by atoms with van der Waals surface area (Å²) in [6, 6.07) is 19.7. The van der Waals surface area contributed by atoms with Crippen LogP contribution >= 0.6 is 0 Å². The number of hydroxylamine groups is 2. The molecule has 1 atom stereocenters.